The molecule has 2 aromatic heterocycles. The van der Waals surface area contributed by atoms with Gasteiger partial charge >= 0.3 is 0 Å². The molecule has 0 radical (unpaired) electrons. The Balaban J connectivity index is 2.10. The Hall–Kier alpha value is -2.02. The molecule has 0 unspecified atom stereocenters. The number of hydrogen-bond acceptors (Lipinski definition) is 5. The molecule has 1 N–H and O–H groups in total. The van der Waals surface area contributed by atoms with Gasteiger partial charge < -0.3 is 5.32 Å². The topological polar surface area (TPSA) is 76.9 Å². The Kier molecular flexibility index (Phi) is 5.30. The summed E-state index contributed by atoms with van der Waals surface area (Å²) in [5, 5.41) is 7.70. The van der Waals surface area contributed by atoms with Gasteiger partial charge in [0.25, 0.3) is 11.8 Å². The Morgan fingerprint density at radius 3 is 2.57 bits per heavy atom. The number of nitrogens with one attached hydrogen (secondary N) is 1. The lowest BCUT2D eigenvalue weighted by molar-refractivity contribution is 0.0894. The lowest BCUT2D eigenvalue weighted by atomic mass is 10.2. The van der Waals surface area contributed by atoms with Crippen LogP contribution < -0.4 is 5.32 Å². The summed E-state index contributed by atoms with van der Waals surface area (Å²) < 4.78 is 1.39. The molecule has 0 aliphatic carbocycles. The van der Waals surface area contributed by atoms with Gasteiger partial charge in [-0.1, -0.05) is 13.8 Å². The zero-order valence-electron chi connectivity index (χ0n) is 14.1. The summed E-state index contributed by atoms with van der Waals surface area (Å²) in [6, 6.07) is 1.86. The van der Waals surface area contributed by atoms with Crippen molar-refractivity contribution in [1.82, 2.24) is 20.1 Å². The van der Waals surface area contributed by atoms with E-state index in [-0.39, 0.29) is 18.2 Å². The number of carbonyl (C=O) groups excluding carboxylic acids is 2. The molecule has 0 fully saturated rings. The minimum Gasteiger partial charge on any atom is -0.351 e. The SMILES string of the molecule is Cc1cc(C)n(C(=O)Cc2nc(C)c(C(=O)NCC(C)C)s2)n1. The molecule has 23 heavy (non-hydrogen) atoms. The first-order chi connectivity index (χ1) is 10.8. The van der Waals surface area contributed by atoms with Crippen LogP contribution in [0, 0.1) is 26.7 Å². The van der Waals surface area contributed by atoms with Gasteiger partial charge in [-0.3, -0.25) is 9.59 Å². The van der Waals surface area contributed by atoms with Gasteiger partial charge in [0, 0.05) is 12.2 Å². The van der Waals surface area contributed by atoms with Crippen molar-refractivity contribution in [1.29, 1.82) is 0 Å². The molecule has 0 aliphatic rings. The van der Waals surface area contributed by atoms with E-state index in [0.717, 1.165) is 11.4 Å². The summed E-state index contributed by atoms with van der Waals surface area (Å²) >= 11 is 1.27. The van der Waals surface area contributed by atoms with E-state index in [1.807, 2.05) is 33.8 Å². The van der Waals surface area contributed by atoms with Crippen molar-refractivity contribution in [3.05, 3.63) is 33.0 Å². The second-order valence-electron chi connectivity index (χ2n) is 6.04. The van der Waals surface area contributed by atoms with E-state index in [4.69, 9.17) is 0 Å². The van der Waals surface area contributed by atoms with Crippen molar-refractivity contribution in [3.8, 4) is 0 Å². The third-order valence-electron chi connectivity index (χ3n) is 3.27. The number of carbonyl (C=O) groups is 2. The van der Waals surface area contributed by atoms with Crippen LogP contribution in [-0.2, 0) is 6.42 Å². The summed E-state index contributed by atoms with van der Waals surface area (Å²) in [7, 11) is 0. The Morgan fingerprint density at radius 2 is 2.00 bits per heavy atom. The fraction of sp³-hybridized carbons (Fsp3) is 0.500. The molecule has 0 aromatic carbocycles. The molecule has 2 heterocycles. The quantitative estimate of drug-likeness (QED) is 0.911. The molecule has 0 atom stereocenters. The van der Waals surface area contributed by atoms with Crippen LogP contribution in [0.2, 0.25) is 0 Å². The molecule has 6 nitrogen and oxygen atoms in total. The molecular weight excluding hydrogens is 312 g/mol. The van der Waals surface area contributed by atoms with E-state index < -0.39 is 0 Å². The van der Waals surface area contributed by atoms with Crippen molar-refractivity contribution in [2.24, 2.45) is 5.92 Å². The molecule has 0 bridgehead atoms. The third kappa shape index (κ3) is 4.25. The number of rotatable bonds is 5. The standard InChI is InChI=1S/C16H22N4O2S/c1-9(2)8-17-16(22)15-12(5)18-13(23-15)7-14(21)20-11(4)6-10(3)19-20/h6,9H,7-8H2,1-5H3,(H,17,22). The summed E-state index contributed by atoms with van der Waals surface area (Å²) in [6.45, 7) is 10.2. The van der Waals surface area contributed by atoms with Crippen LogP contribution in [0.5, 0.6) is 0 Å². The predicted octanol–water partition coefficient (Wildman–Crippen LogP) is 2.53. The normalized spacial score (nSPS) is 11.0. The highest BCUT2D eigenvalue weighted by atomic mass is 32.1. The Bertz CT molecular complexity index is 731. The van der Waals surface area contributed by atoms with Crippen LogP contribution in [-0.4, -0.2) is 33.1 Å². The van der Waals surface area contributed by atoms with Crippen LogP contribution in [0.15, 0.2) is 6.07 Å². The molecule has 0 saturated heterocycles. The van der Waals surface area contributed by atoms with E-state index in [1.165, 1.54) is 16.0 Å². The first-order valence-corrected chi connectivity index (χ1v) is 8.40. The average molecular weight is 334 g/mol. The highest BCUT2D eigenvalue weighted by Crippen LogP contribution is 2.19. The molecule has 7 heteroatoms. The molecule has 0 aliphatic heterocycles. The first kappa shape index (κ1) is 17.3. The number of amides is 1. The maximum Gasteiger partial charge on any atom is 0.263 e. The van der Waals surface area contributed by atoms with Gasteiger partial charge in [0.1, 0.15) is 9.88 Å². The number of aryl methyl sites for hydroxylation is 3. The summed E-state index contributed by atoms with van der Waals surface area (Å²) in [4.78, 5) is 29.4. The van der Waals surface area contributed by atoms with Gasteiger partial charge in [0.05, 0.1) is 17.8 Å². The highest BCUT2D eigenvalue weighted by Gasteiger charge is 2.18. The first-order valence-electron chi connectivity index (χ1n) is 7.59. The average Bonchev–Trinajstić information content (AvgIpc) is 2.98. The molecule has 2 rings (SSSR count). The summed E-state index contributed by atoms with van der Waals surface area (Å²) in [6.07, 6.45) is 0.144. The predicted molar refractivity (Wildman–Crippen MR) is 90.1 cm³/mol. The van der Waals surface area contributed by atoms with Crippen LogP contribution in [0.1, 0.15) is 50.4 Å². The fourth-order valence-corrected chi connectivity index (χ4v) is 3.17. The molecule has 0 saturated carbocycles. The second-order valence-corrected chi connectivity index (χ2v) is 7.12. The van der Waals surface area contributed by atoms with Crippen LogP contribution in [0.4, 0.5) is 0 Å². The summed E-state index contributed by atoms with van der Waals surface area (Å²) in [5.74, 6) is 0.122. The van der Waals surface area contributed by atoms with Gasteiger partial charge in [-0.15, -0.1) is 11.3 Å². The maximum atomic E-state index is 12.3. The summed E-state index contributed by atoms with van der Waals surface area (Å²) in [5.41, 5.74) is 2.27. The lowest BCUT2D eigenvalue weighted by Gasteiger charge is -2.06. The van der Waals surface area contributed by atoms with E-state index >= 15 is 0 Å². The minimum absolute atomic E-state index is 0.126. The highest BCUT2D eigenvalue weighted by molar-refractivity contribution is 7.13. The number of nitrogens with zero attached hydrogens (tertiary/aromatic N) is 3. The zero-order valence-corrected chi connectivity index (χ0v) is 15.0. The fourth-order valence-electron chi connectivity index (χ4n) is 2.20. The lowest BCUT2D eigenvalue weighted by Crippen LogP contribution is -2.27. The maximum absolute atomic E-state index is 12.3. The van der Waals surface area contributed by atoms with E-state index in [0.29, 0.717) is 28.0 Å². The van der Waals surface area contributed by atoms with Gasteiger partial charge in [-0.05, 0) is 32.8 Å². The van der Waals surface area contributed by atoms with Gasteiger partial charge in [-0.25, -0.2) is 9.67 Å². The van der Waals surface area contributed by atoms with Crippen molar-refractivity contribution >= 4 is 23.2 Å². The van der Waals surface area contributed by atoms with Gasteiger partial charge in [0.2, 0.25) is 0 Å². The van der Waals surface area contributed by atoms with Gasteiger partial charge in [0.15, 0.2) is 0 Å². The number of hydrogen-bond donors (Lipinski definition) is 1. The third-order valence-corrected chi connectivity index (χ3v) is 4.42. The smallest absolute Gasteiger partial charge is 0.263 e. The zero-order chi connectivity index (χ0) is 17.1. The molecular formula is C16H22N4O2S. The van der Waals surface area contributed by atoms with E-state index in [9.17, 15) is 9.59 Å². The van der Waals surface area contributed by atoms with E-state index in [2.05, 4.69) is 15.4 Å². The van der Waals surface area contributed by atoms with Crippen molar-refractivity contribution in [2.45, 2.75) is 41.0 Å². The van der Waals surface area contributed by atoms with Crippen molar-refractivity contribution in [3.63, 3.8) is 0 Å². The van der Waals surface area contributed by atoms with E-state index in [1.54, 1.807) is 6.92 Å². The van der Waals surface area contributed by atoms with Crippen LogP contribution in [0.25, 0.3) is 0 Å². The van der Waals surface area contributed by atoms with Crippen LogP contribution >= 0.6 is 11.3 Å². The second kappa shape index (κ2) is 7.04. The van der Waals surface area contributed by atoms with Crippen molar-refractivity contribution in [2.75, 3.05) is 6.54 Å². The largest absolute Gasteiger partial charge is 0.351 e. The Morgan fingerprint density at radius 1 is 1.30 bits per heavy atom. The molecule has 0 spiro atoms. The Labute approximate surface area is 139 Å². The molecule has 2 aromatic rings. The van der Waals surface area contributed by atoms with Gasteiger partial charge in [-0.2, -0.15) is 5.10 Å². The van der Waals surface area contributed by atoms with Crippen LogP contribution in [0.3, 0.4) is 0 Å². The number of thiazole rings is 1. The minimum atomic E-state index is -0.140. The molecule has 1 amide bonds. The number of aromatic nitrogens is 3. The van der Waals surface area contributed by atoms with Crippen molar-refractivity contribution < 1.29 is 9.59 Å². The monoisotopic (exact) mass is 334 g/mol. The molecule has 124 valence electrons.